The molecule has 0 radical (unpaired) electrons. The van der Waals surface area contributed by atoms with Crippen LogP contribution in [0.3, 0.4) is 0 Å². The van der Waals surface area contributed by atoms with Gasteiger partial charge in [0.25, 0.3) is 0 Å². The van der Waals surface area contributed by atoms with E-state index in [1.54, 1.807) is 0 Å². The summed E-state index contributed by atoms with van der Waals surface area (Å²) in [7, 11) is 0. The molecule has 0 fully saturated rings. The van der Waals surface area contributed by atoms with Crippen LogP contribution in [0.5, 0.6) is 0 Å². The zero-order valence-electron chi connectivity index (χ0n) is 14.4. The van der Waals surface area contributed by atoms with Crippen LogP contribution in [0.25, 0.3) is 11.1 Å². The molecule has 122 valence electrons. The van der Waals surface area contributed by atoms with Crippen molar-refractivity contribution in [3.63, 3.8) is 0 Å². The summed E-state index contributed by atoms with van der Waals surface area (Å²) < 4.78 is 0. The highest BCUT2D eigenvalue weighted by molar-refractivity contribution is 6.07. The predicted octanol–water partition coefficient (Wildman–Crippen LogP) is 5.44. The van der Waals surface area contributed by atoms with E-state index in [0.29, 0.717) is 11.8 Å². The molecular formula is C21H23N3. The lowest BCUT2D eigenvalue weighted by molar-refractivity contribution is 0.704. The number of allylic oxidation sites excluding steroid dienone is 1. The van der Waals surface area contributed by atoms with Crippen molar-refractivity contribution in [2.45, 2.75) is 27.2 Å². The summed E-state index contributed by atoms with van der Waals surface area (Å²) in [5, 5.41) is 11.7. The molecule has 0 saturated carbocycles. The summed E-state index contributed by atoms with van der Waals surface area (Å²) >= 11 is 0. The van der Waals surface area contributed by atoms with E-state index in [4.69, 9.17) is 5.41 Å². The highest BCUT2D eigenvalue weighted by atomic mass is 15.0. The number of nitrogens with zero attached hydrogens (tertiary/aromatic N) is 1. The second kappa shape index (κ2) is 6.83. The summed E-state index contributed by atoms with van der Waals surface area (Å²) in [4.78, 5) is 4.43. The van der Waals surface area contributed by atoms with Crippen molar-refractivity contribution in [2.24, 2.45) is 10.9 Å². The maximum Gasteiger partial charge on any atom is 0.148 e. The number of hydrogen-bond acceptors (Lipinski definition) is 2. The van der Waals surface area contributed by atoms with Crippen molar-refractivity contribution >= 4 is 17.7 Å². The number of hydrogen-bond donors (Lipinski definition) is 2. The number of amidine groups is 1. The van der Waals surface area contributed by atoms with E-state index in [0.717, 1.165) is 23.4 Å². The van der Waals surface area contributed by atoms with Gasteiger partial charge in [0, 0.05) is 11.9 Å². The highest BCUT2D eigenvalue weighted by Gasteiger charge is 2.17. The van der Waals surface area contributed by atoms with Crippen LogP contribution in [0.15, 0.2) is 64.8 Å². The number of nitrogens with one attached hydrogen (secondary N) is 2. The molecule has 24 heavy (non-hydrogen) atoms. The van der Waals surface area contributed by atoms with Gasteiger partial charge < -0.3 is 5.32 Å². The Morgan fingerprint density at radius 3 is 2.58 bits per heavy atom. The summed E-state index contributed by atoms with van der Waals surface area (Å²) in [6.45, 7) is 6.33. The Morgan fingerprint density at radius 1 is 1.08 bits per heavy atom. The minimum absolute atomic E-state index is 0.364. The van der Waals surface area contributed by atoms with Crippen molar-refractivity contribution in [1.82, 2.24) is 0 Å². The molecule has 1 aliphatic heterocycles. The summed E-state index contributed by atoms with van der Waals surface area (Å²) in [5.41, 5.74) is 6.39. The fourth-order valence-electron chi connectivity index (χ4n) is 2.97. The molecule has 0 bridgehead atoms. The van der Waals surface area contributed by atoms with Crippen molar-refractivity contribution in [2.75, 3.05) is 5.32 Å². The molecular weight excluding hydrogens is 294 g/mol. The predicted molar refractivity (Wildman–Crippen MR) is 103 cm³/mol. The largest absolute Gasteiger partial charge is 0.339 e. The van der Waals surface area contributed by atoms with E-state index in [2.05, 4.69) is 49.3 Å². The normalized spacial score (nSPS) is 17.0. The Kier molecular flexibility index (Phi) is 4.61. The molecule has 1 heterocycles. The molecule has 3 rings (SSSR count). The van der Waals surface area contributed by atoms with Crippen LogP contribution in [0.2, 0.25) is 0 Å². The third kappa shape index (κ3) is 3.16. The molecule has 1 atom stereocenters. The van der Waals surface area contributed by atoms with Gasteiger partial charge >= 0.3 is 0 Å². The molecule has 3 heteroatoms. The Hall–Kier alpha value is -2.68. The van der Waals surface area contributed by atoms with Gasteiger partial charge in [-0.3, -0.25) is 10.4 Å². The molecule has 0 unspecified atom stereocenters. The Labute approximate surface area is 143 Å². The van der Waals surface area contributed by atoms with E-state index in [-0.39, 0.29) is 0 Å². The smallest absolute Gasteiger partial charge is 0.148 e. The van der Waals surface area contributed by atoms with Crippen LogP contribution in [-0.2, 0) is 0 Å². The maximum absolute atomic E-state index is 8.43. The molecule has 0 aromatic heterocycles. The van der Waals surface area contributed by atoms with Gasteiger partial charge in [0.2, 0.25) is 0 Å². The molecule has 0 amide bonds. The van der Waals surface area contributed by atoms with E-state index in [9.17, 15) is 0 Å². The minimum Gasteiger partial charge on any atom is -0.339 e. The molecule has 1 aliphatic rings. The molecule has 0 aliphatic carbocycles. The second-order valence-corrected chi connectivity index (χ2v) is 6.32. The van der Waals surface area contributed by atoms with Crippen molar-refractivity contribution in [3.05, 3.63) is 65.4 Å². The number of rotatable bonds is 3. The third-order valence-electron chi connectivity index (χ3n) is 4.71. The fourth-order valence-corrected chi connectivity index (χ4v) is 2.97. The average Bonchev–Trinajstić information content (AvgIpc) is 2.60. The zero-order valence-corrected chi connectivity index (χ0v) is 14.4. The maximum atomic E-state index is 8.43. The molecule has 2 aromatic carbocycles. The van der Waals surface area contributed by atoms with Gasteiger partial charge in [0.15, 0.2) is 0 Å². The van der Waals surface area contributed by atoms with Crippen LogP contribution >= 0.6 is 0 Å². The SMILES string of the molecule is CC1=C(C(=N)Nc2cccc(-c3ccccc3)c2C)N=CC[C@@H]1C. The van der Waals surface area contributed by atoms with Gasteiger partial charge in [0.1, 0.15) is 11.5 Å². The number of benzene rings is 2. The van der Waals surface area contributed by atoms with Crippen LogP contribution in [0, 0.1) is 18.3 Å². The Bertz CT molecular complexity index is 816. The number of anilines is 1. The van der Waals surface area contributed by atoms with Crippen molar-refractivity contribution in [3.8, 4) is 11.1 Å². The van der Waals surface area contributed by atoms with E-state index in [1.165, 1.54) is 16.7 Å². The lowest BCUT2D eigenvalue weighted by atomic mass is 9.95. The van der Waals surface area contributed by atoms with E-state index >= 15 is 0 Å². The number of aliphatic imine (C=N–C) groups is 1. The van der Waals surface area contributed by atoms with Crippen LogP contribution in [-0.4, -0.2) is 12.1 Å². The first-order valence-corrected chi connectivity index (χ1v) is 8.32. The first-order chi connectivity index (χ1) is 11.6. The Balaban J connectivity index is 1.90. The zero-order chi connectivity index (χ0) is 17.1. The van der Waals surface area contributed by atoms with Crippen LogP contribution in [0.4, 0.5) is 5.69 Å². The molecule has 2 aromatic rings. The molecule has 0 spiro atoms. The average molecular weight is 317 g/mol. The topological polar surface area (TPSA) is 48.2 Å². The van der Waals surface area contributed by atoms with Gasteiger partial charge in [-0.1, -0.05) is 49.4 Å². The first kappa shape index (κ1) is 16.2. The summed E-state index contributed by atoms with van der Waals surface area (Å²) in [5.74, 6) is 0.806. The lowest BCUT2D eigenvalue weighted by Crippen LogP contribution is -2.19. The lowest BCUT2D eigenvalue weighted by Gasteiger charge is -2.20. The van der Waals surface area contributed by atoms with Crippen LogP contribution in [0.1, 0.15) is 25.8 Å². The first-order valence-electron chi connectivity index (χ1n) is 8.32. The quantitative estimate of drug-likeness (QED) is 0.575. The highest BCUT2D eigenvalue weighted by Crippen LogP contribution is 2.29. The standard InChI is InChI=1S/C21H23N3/c1-14-12-13-23-20(15(14)2)21(22)24-19-11-7-10-18(16(19)3)17-8-5-4-6-9-17/h4-11,13-14H,12H2,1-3H3,(H2,22,24)/t14-/m0/s1. The van der Waals surface area contributed by atoms with Gasteiger partial charge in [0.05, 0.1) is 0 Å². The van der Waals surface area contributed by atoms with E-state index < -0.39 is 0 Å². The van der Waals surface area contributed by atoms with Crippen molar-refractivity contribution in [1.29, 1.82) is 5.41 Å². The van der Waals surface area contributed by atoms with Gasteiger partial charge in [-0.15, -0.1) is 0 Å². The third-order valence-corrected chi connectivity index (χ3v) is 4.71. The van der Waals surface area contributed by atoms with Gasteiger partial charge in [-0.25, -0.2) is 0 Å². The fraction of sp³-hybridized carbons (Fsp3) is 0.238. The second-order valence-electron chi connectivity index (χ2n) is 6.32. The molecule has 3 nitrogen and oxygen atoms in total. The van der Waals surface area contributed by atoms with Gasteiger partial charge in [-0.2, -0.15) is 0 Å². The van der Waals surface area contributed by atoms with Gasteiger partial charge in [-0.05, 0) is 54.5 Å². The minimum atomic E-state index is 0.364. The monoisotopic (exact) mass is 317 g/mol. The van der Waals surface area contributed by atoms with Crippen molar-refractivity contribution < 1.29 is 0 Å². The summed E-state index contributed by atoms with van der Waals surface area (Å²) in [6.07, 6.45) is 2.86. The molecule has 0 saturated heterocycles. The van der Waals surface area contributed by atoms with Crippen LogP contribution < -0.4 is 5.32 Å². The summed E-state index contributed by atoms with van der Waals surface area (Å²) in [6, 6.07) is 16.5. The Morgan fingerprint density at radius 2 is 1.83 bits per heavy atom. The molecule has 2 N–H and O–H groups in total. The van der Waals surface area contributed by atoms with E-state index in [1.807, 2.05) is 36.5 Å².